The van der Waals surface area contributed by atoms with Gasteiger partial charge in [0.2, 0.25) is 0 Å². The van der Waals surface area contributed by atoms with E-state index in [9.17, 15) is 18.0 Å². The van der Waals surface area contributed by atoms with Crippen LogP contribution in [0.25, 0.3) is 5.65 Å². The molecule has 0 saturated carbocycles. The summed E-state index contributed by atoms with van der Waals surface area (Å²) in [7, 11) is 2.68. The predicted octanol–water partition coefficient (Wildman–Crippen LogP) is 2.55. The zero-order valence-corrected chi connectivity index (χ0v) is 14.2. The second-order valence-corrected chi connectivity index (χ2v) is 5.39. The lowest BCUT2D eigenvalue weighted by Crippen LogP contribution is -2.13. The number of anilines is 1. The van der Waals surface area contributed by atoms with Crippen molar-refractivity contribution < 1.29 is 27.4 Å². The minimum Gasteiger partial charge on any atom is -0.496 e. The summed E-state index contributed by atoms with van der Waals surface area (Å²) in [6.07, 6.45) is -4.67. The Morgan fingerprint density at radius 2 is 1.96 bits per heavy atom. The molecule has 3 aromatic rings. The van der Waals surface area contributed by atoms with Crippen LogP contribution in [0.3, 0.4) is 0 Å². The van der Waals surface area contributed by atoms with Crippen LogP contribution in [0.4, 0.5) is 19.0 Å². The lowest BCUT2D eigenvalue weighted by atomic mass is 10.1. The number of carbonyl (C=O) groups is 1. The molecule has 3 rings (SSSR count). The zero-order valence-electron chi connectivity index (χ0n) is 14.2. The maximum atomic E-state index is 12.9. The Labute approximate surface area is 150 Å². The van der Waals surface area contributed by atoms with Gasteiger partial charge in [0.05, 0.1) is 14.2 Å². The lowest BCUT2D eigenvalue weighted by molar-refractivity contribution is -0.146. The van der Waals surface area contributed by atoms with Gasteiger partial charge in [-0.1, -0.05) is 6.07 Å². The van der Waals surface area contributed by atoms with Crippen LogP contribution < -0.4 is 10.1 Å². The van der Waals surface area contributed by atoms with Gasteiger partial charge in [-0.25, -0.2) is 4.79 Å². The van der Waals surface area contributed by atoms with Crippen LogP contribution in [0.1, 0.15) is 21.7 Å². The number of ether oxygens (including phenoxy) is 2. The predicted molar refractivity (Wildman–Crippen MR) is 87.4 cm³/mol. The number of rotatable bonds is 5. The number of methoxy groups -OCH3 is 2. The molecule has 0 atom stereocenters. The fraction of sp³-hybridized carbons (Fsp3) is 0.250. The topological polar surface area (TPSA) is 90.6 Å². The van der Waals surface area contributed by atoms with E-state index in [0.717, 1.165) is 0 Å². The minimum atomic E-state index is -4.67. The van der Waals surface area contributed by atoms with Gasteiger partial charge in [0.1, 0.15) is 17.1 Å². The highest BCUT2D eigenvalue weighted by molar-refractivity contribution is 5.92. The van der Waals surface area contributed by atoms with E-state index < -0.39 is 18.0 Å². The molecule has 0 spiro atoms. The molecule has 27 heavy (non-hydrogen) atoms. The van der Waals surface area contributed by atoms with Crippen molar-refractivity contribution in [1.29, 1.82) is 0 Å². The molecule has 0 bridgehead atoms. The van der Waals surface area contributed by atoms with Crippen LogP contribution in [0.15, 0.2) is 30.3 Å². The van der Waals surface area contributed by atoms with Gasteiger partial charge in [-0.3, -0.25) is 0 Å². The van der Waals surface area contributed by atoms with E-state index in [-0.39, 0.29) is 23.6 Å². The molecule has 0 unspecified atom stereocenters. The van der Waals surface area contributed by atoms with Crippen LogP contribution >= 0.6 is 0 Å². The zero-order chi connectivity index (χ0) is 19.6. The molecule has 8 nitrogen and oxygen atoms in total. The van der Waals surface area contributed by atoms with Crippen molar-refractivity contribution in [1.82, 2.24) is 19.8 Å². The SMILES string of the molecule is COC(=O)c1cc(CNc2ccc3nnc(C(F)(F)F)n3n2)ccc1OC. The first-order chi connectivity index (χ1) is 12.8. The lowest BCUT2D eigenvalue weighted by Gasteiger charge is -2.11. The van der Waals surface area contributed by atoms with Gasteiger partial charge in [0.15, 0.2) is 5.65 Å². The number of aromatic nitrogens is 4. The number of fused-ring (bicyclic) bond motifs is 1. The monoisotopic (exact) mass is 381 g/mol. The molecule has 0 fully saturated rings. The normalized spacial score (nSPS) is 11.4. The Kier molecular flexibility index (Phi) is 4.84. The molecule has 0 aliphatic carbocycles. The molecular weight excluding hydrogens is 367 g/mol. The molecule has 1 aromatic carbocycles. The first-order valence-corrected chi connectivity index (χ1v) is 7.62. The summed E-state index contributed by atoms with van der Waals surface area (Å²) < 4.78 is 49.2. The minimum absolute atomic E-state index is 0.0229. The highest BCUT2D eigenvalue weighted by atomic mass is 19.4. The second-order valence-electron chi connectivity index (χ2n) is 5.39. The van der Waals surface area contributed by atoms with Crippen molar-refractivity contribution in [2.75, 3.05) is 19.5 Å². The van der Waals surface area contributed by atoms with E-state index in [2.05, 4.69) is 20.6 Å². The summed E-state index contributed by atoms with van der Waals surface area (Å²) in [5.74, 6) is -1.24. The first kappa shape index (κ1) is 18.4. The molecule has 1 N–H and O–H groups in total. The van der Waals surface area contributed by atoms with Gasteiger partial charge in [-0.05, 0) is 29.8 Å². The fourth-order valence-electron chi connectivity index (χ4n) is 2.39. The van der Waals surface area contributed by atoms with Gasteiger partial charge in [0.25, 0.3) is 5.82 Å². The summed E-state index contributed by atoms with van der Waals surface area (Å²) in [6, 6.07) is 7.72. The van der Waals surface area contributed by atoms with Crippen molar-refractivity contribution in [3.8, 4) is 5.75 Å². The third kappa shape index (κ3) is 3.76. The number of benzene rings is 1. The number of esters is 1. The Bertz CT molecular complexity index is 987. The fourth-order valence-corrected chi connectivity index (χ4v) is 2.39. The third-order valence-electron chi connectivity index (χ3n) is 3.66. The summed E-state index contributed by atoms with van der Waals surface area (Å²) in [6.45, 7) is 0.204. The highest BCUT2D eigenvalue weighted by Crippen LogP contribution is 2.27. The smallest absolute Gasteiger partial charge is 0.453 e. The maximum absolute atomic E-state index is 12.9. The number of hydrogen-bond acceptors (Lipinski definition) is 7. The number of carbonyl (C=O) groups excluding carboxylic acids is 1. The average molecular weight is 381 g/mol. The van der Waals surface area contributed by atoms with Crippen molar-refractivity contribution in [2.24, 2.45) is 0 Å². The first-order valence-electron chi connectivity index (χ1n) is 7.62. The Morgan fingerprint density at radius 3 is 2.63 bits per heavy atom. The number of nitrogens with one attached hydrogen (secondary N) is 1. The Balaban J connectivity index is 1.83. The molecule has 2 heterocycles. The summed E-state index contributed by atoms with van der Waals surface area (Å²) >= 11 is 0. The van der Waals surface area contributed by atoms with E-state index in [4.69, 9.17) is 9.47 Å². The number of hydrogen-bond donors (Lipinski definition) is 1. The number of halogens is 3. The van der Waals surface area contributed by atoms with Gasteiger partial charge in [-0.2, -0.15) is 17.7 Å². The standard InChI is InChI=1S/C16H14F3N5O3/c1-26-11-4-3-9(7-10(11)14(25)27-2)8-20-12-5-6-13-21-22-15(16(17,18)19)24(13)23-12/h3-7H,8H2,1-2H3,(H,20,23). The van der Waals surface area contributed by atoms with E-state index >= 15 is 0 Å². The van der Waals surface area contributed by atoms with Gasteiger partial charge in [0, 0.05) is 6.54 Å². The molecule has 0 aliphatic rings. The van der Waals surface area contributed by atoms with Crippen molar-refractivity contribution >= 4 is 17.4 Å². The van der Waals surface area contributed by atoms with Crippen molar-refractivity contribution in [3.63, 3.8) is 0 Å². The molecule has 0 saturated heterocycles. The number of alkyl halides is 3. The van der Waals surface area contributed by atoms with Crippen molar-refractivity contribution in [3.05, 3.63) is 47.3 Å². The van der Waals surface area contributed by atoms with E-state index in [1.807, 2.05) is 0 Å². The highest BCUT2D eigenvalue weighted by Gasteiger charge is 2.37. The molecule has 0 radical (unpaired) electrons. The molecule has 11 heteroatoms. The Morgan fingerprint density at radius 1 is 1.19 bits per heavy atom. The molecule has 2 aromatic heterocycles. The van der Waals surface area contributed by atoms with Gasteiger partial charge >= 0.3 is 12.1 Å². The molecule has 0 aliphatic heterocycles. The largest absolute Gasteiger partial charge is 0.496 e. The van der Waals surface area contributed by atoms with Crippen LogP contribution in [0, 0.1) is 0 Å². The van der Waals surface area contributed by atoms with Crippen LogP contribution in [0.2, 0.25) is 0 Å². The van der Waals surface area contributed by atoms with E-state index in [1.165, 1.54) is 26.4 Å². The van der Waals surface area contributed by atoms with Crippen molar-refractivity contribution in [2.45, 2.75) is 12.7 Å². The van der Waals surface area contributed by atoms with Gasteiger partial charge < -0.3 is 14.8 Å². The number of nitrogens with zero attached hydrogens (tertiary/aromatic N) is 4. The van der Waals surface area contributed by atoms with E-state index in [1.54, 1.807) is 18.2 Å². The van der Waals surface area contributed by atoms with E-state index in [0.29, 0.717) is 15.8 Å². The van der Waals surface area contributed by atoms with Crippen LogP contribution in [-0.2, 0) is 17.5 Å². The molecule has 0 amide bonds. The Hall–Kier alpha value is -3.37. The summed E-state index contributed by atoms with van der Waals surface area (Å²) in [5.41, 5.74) is 0.893. The summed E-state index contributed by atoms with van der Waals surface area (Å²) in [5, 5.41) is 13.3. The quantitative estimate of drug-likeness (QED) is 0.679. The average Bonchev–Trinajstić information content (AvgIpc) is 3.09. The van der Waals surface area contributed by atoms with Crippen LogP contribution in [-0.4, -0.2) is 40.0 Å². The van der Waals surface area contributed by atoms with Crippen LogP contribution in [0.5, 0.6) is 5.75 Å². The maximum Gasteiger partial charge on any atom is 0.453 e. The second kappa shape index (κ2) is 7.09. The molecule has 142 valence electrons. The third-order valence-corrected chi connectivity index (χ3v) is 3.66. The molecular formula is C16H14F3N5O3. The summed E-state index contributed by atoms with van der Waals surface area (Å²) in [4.78, 5) is 11.8. The van der Waals surface area contributed by atoms with Gasteiger partial charge in [-0.15, -0.1) is 15.3 Å².